The smallest absolute Gasteiger partial charge is 0.186 e. The molecule has 0 saturated carbocycles. The van der Waals surface area contributed by atoms with E-state index in [9.17, 15) is 0 Å². The number of fused-ring (bicyclic) bond motifs is 1. The van der Waals surface area contributed by atoms with Crippen LogP contribution in [0.3, 0.4) is 0 Å². The predicted molar refractivity (Wildman–Crippen MR) is 78.4 cm³/mol. The van der Waals surface area contributed by atoms with E-state index in [0.717, 1.165) is 29.9 Å². The van der Waals surface area contributed by atoms with E-state index in [-0.39, 0.29) is 0 Å². The minimum Gasteiger partial charge on any atom is -0.348 e. The maximum absolute atomic E-state index is 4.73. The van der Waals surface area contributed by atoms with Crippen LogP contribution in [-0.4, -0.2) is 23.4 Å². The van der Waals surface area contributed by atoms with Gasteiger partial charge >= 0.3 is 0 Å². The molecule has 0 bridgehead atoms. The Labute approximate surface area is 114 Å². The summed E-state index contributed by atoms with van der Waals surface area (Å²) in [6.07, 6.45) is 2.62. The molecule has 0 radical (unpaired) electrons. The molecular formula is C13H15BrN2S. The summed E-state index contributed by atoms with van der Waals surface area (Å²) < 4.78 is 1.29. The van der Waals surface area contributed by atoms with Gasteiger partial charge in [0.2, 0.25) is 0 Å². The first kappa shape index (κ1) is 11.5. The Bertz CT molecular complexity index is 478. The van der Waals surface area contributed by atoms with Crippen molar-refractivity contribution in [2.24, 2.45) is 5.92 Å². The molecule has 1 atom stereocenters. The Hall–Kier alpha value is -0.610. The number of hydrogen-bond acceptors (Lipinski definition) is 3. The average molecular weight is 311 g/mol. The molecule has 0 aliphatic carbocycles. The number of alkyl halides is 1. The van der Waals surface area contributed by atoms with Crippen LogP contribution in [0.15, 0.2) is 24.3 Å². The monoisotopic (exact) mass is 310 g/mol. The Kier molecular flexibility index (Phi) is 3.34. The first-order chi connectivity index (χ1) is 8.36. The third kappa shape index (κ3) is 2.33. The Morgan fingerprint density at radius 3 is 3.12 bits per heavy atom. The first-order valence-corrected chi connectivity index (χ1v) is 7.97. The third-order valence-corrected chi connectivity index (χ3v) is 5.30. The molecule has 0 N–H and O–H groups in total. The average Bonchev–Trinajstić information content (AvgIpc) is 2.82. The van der Waals surface area contributed by atoms with Crippen molar-refractivity contribution in [2.75, 3.05) is 23.3 Å². The third-order valence-electron chi connectivity index (χ3n) is 3.29. The molecular weight excluding hydrogens is 296 g/mol. The van der Waals surface area contributed by atoms with Crippen LogP contribution in [0.25, 0.3) is 10.2 Å². The summed E-state index contributed by atoms with van der Waals surface area (Å²) in [6, 6.07) is 8.40. The number of aromatic nitrogens is 1. The van der Waals surface area contributed by atoms with Crippen molar-refractivity contribution in [3.8, 4) is 0 Å². The highest BCUT2D eigenvalue weighted by atomic mass is 79.9. The van der Waals surface area contributed by atoms with Crippen LogP contribution in [0.2, 0.25) is 0 Å². The van der Waals surface area contributed by atoms with Gasteiger partial charge in [-0.2, -0.15) is 0 Å². The number of benzene rings is 1. The molecule has 17 heavy (non-hydrogen) atoms. The molecule has 3 rings (SSSR count). The van der Waals surface area contributed by atoms with E-state index < -0.39 is 0 Å². The molecule has 1 unspecified atom stereocenters. The Morgan fingerprint density at radius 2 is 2.29 bits per heavy atom. The second-order valence-corrected chi connectivity index (χ2v) is 6.23. The van der Waals surface area contributed by atoms with Crippen molar-refractivity contribution in [3.05, 3.63) is 24.3 Å². The van der Waals surface area contributed by atoms with Crippen LogP contribution in [-0.2, 0) is 0 Å². The highest BCUT2D eigenvalue weighted by Crippen LogP contribution is 2.31. The summed E-state index contributed by atoms with van der Waals surface area (Å²) in [5.41, 5.74) is 1.13. The molecule has 1 aromatic carbocycles. The number of para-hydroxylation sites is 1. The summed E-state index contributed by atoms with van der Waals surface area (Å²) >= 11 is 5.42. The number of hydrogen-bond donors (Lipinski definition) is 0. The van der Waals surface area contributed by atoms with Crippen LogP contribution in [0.5, 0.6) is 0 Å². The van der Waals surface area contributed by atoms with Crippen molar-refractivity contribution in [1.82, 2.24) is 4.98 Å². The lowest BCUT2D eigenvalue weighted by Gasteiger charge is -2.31. The topological polar surface area (TPSA) is 16.1 Å². The molecule has 1 aliphatic heterocycles. The van der Waals surface area contributed by atoms with E-state index in [1.807, 2.05) is 11.3 Å². The van der Waals surface area contributed by atoms with E-state index in [0.29, 0.717) is 0 Å². The number of piperidine rings is 1. The van der Waals surface area contributed by atoms with Crippen molar-refractivity contribution in [1.29, 1.82) is 0 Å². The highest BCUT2D eigenvalue weighted by molar-refractivity contribution is 9.09. The van der Waals surface area contributed by atoms with Gasteiger partial charge in [-0.3, -0.25) is 0 Å². The molecule has 1 aliphatic rings. The van der Waals surface area contributed by atoms with E-state index in [1.165, 1.54) is 22.7 Å². The second-order valence-electron chi connectivity index (χ2n) is 4.57. The maximum Gasteiger partial charge on any atom is 0.186 e. The van der Waals surface area contributed by atoms with Crippen molar-refractivity contribution >= 4 is 42.6 Å². The zero-order valence-corrected chi connectivity index (χ0v) is 12.0. The Morgan fingerprint density at radius 1 is 1.41 bits per heavy atom. The minimum atomic E-state index is 0.774. The standard InChI is InChI=1S/C13H15BrN2S/c14-8-10-4-3-7-16(9-10)13-15-11-5-1-2-6-12(11)17-13/h1-2,5-6,10H,3-4,7-9H2. The van der Waals surface area contributed by atoms with Gasteiger partial charge < -0.3 is 4.90 Å². The zero-order chi connectivity index (χ0) is 11.7. The predicted octanol–water partition coefficient (Wildman–Crippen LogP) is 3.91. The first-order valence-electron chi connectivity index (χ1n) is 6.03. The number of anilines is 1. The fourth-order valence-corrected chi connectivity index (χ4v) is 3.89. The second kappa shape index (κ2) is 4.94. The van der Waals surface area contributed by atoms with E-state index >= 15 is 0 Å². The quantitative estimate of drug-likeness (QED) is 0.782. The SMILES string of the molecule is BrCC1CCCN(c2nc3ccccc3s2)C1. The van der Waals surface area contributed by atoms with Gasteiger partial charge in [-0.1, -0.05) is 39.4 Å². The lowest BCUT2D eigenvalue weighted by molar-refractivity contribution is 0.455. The summed E-state index contributed by atoms with van der Waals surface area (Å²) in [4.78, 5) is 7.18. The van der Waals surface area contributed by atoms with Gasteiger partial charge in [-0.15, -0.1) is 0 Å². The van der Waals surface area contributed by atoms with Gasteiger partial charge in [0.15, 0.2) is 5.13 Å². The number of rotatable bonds is 2. The van der Waals surface area contributed by atoms with Crippen LogP contribution in [0.4, 0.5) is 5.13 Å². The van der Waals surface area contributed by atoms with Gasteiger partial charge in [0.25, 0.3) is 0 Å². The lowest BCUT2D eigenvalue weighted by Crippen LogP contribution is -2.35. The normalized spacial score (nSPS) is 21.0. The van der Waals surface area contributed by atoms with Crippen molar-refractivity contribution < 1.29 is 0 Å². The summed E-state index contributed by atoms with van der Waals surface area (Å²) in [5.74, 6) is 0.774. The molecule has 0 amide bonds. The van der Waals surface area contributed by atoms with Crippen LogP contribution >= 0.6 is 27.3 Å². The molecule has 4 heteroatoms. The van der Waals surface area contributed by atoms with Crippen LogP contribution < -0.4 is 4.90 Å². The minimum absolute atomic E-state index is 0.774. The van der Waals surface area contributed by atoms with Crippen LogP contribution in [0.1, 0.15) is 12.8 Å². The summed E-state index contributed by atoms with van der Waals surface area (Å²) in [7, 11) is 0. The molecule has 2 aromatic rings. The molecule has 2 heterocycles. The zero-order valence-electron chi connectivity index (χ0n) is 9.60. The van der Waals surface area contributed by atoms with E-state index in [4.69, 9.17) is 4.98 Å². The largest absolute Gasteiger partial charge is 0.348 e. The van der Waals surface area contributed by atoms with Crippen molar-refractivity contribution in [3.63, 3.8) is 0 Å². The fraction of sp³-hybridized carbons (Fsp3) is 0.462. The molecule has 1 saturated heterocycles. The highest BCUT2D eigenvalue weighted by Gasteiger charge is 2.21. The van der Waals surface area contributed by atoms with Gasteiger partial charge in [0.1, 0.15) is 0 Å². The molecule has 1 aromatic heterocycles. The molecule has 1 fully saturated rings. The number of nitrogens with zero attached hydrogens (tertiary/aromatic N) is 2. The lowest BCUT2D eigenvalue weighted by atomic mass is 10.0. The molecule has 0 spiro atoms. The van der Waals surface area contributed by atoms with Gasteiger partial charge in [0.05, 0.1) is 10.2 Å². The number of thiazole rings is 1. The van der Waals surface area contributed by atoms with Gasteiger partial charge in [0, 0.05) is 18.4 Å². The Balaban J connectivity index is 1.87. The van der Waals surface area contributed by atoms with Crippen molar-refractivity contribution in [2.45, 2.75) is 12.8 Å². The van der Waals surface area contributed by atoms with Gasteiger partial charge in [-0.05, 0) is 30.9 Å². The number of halogens is 1. The molecule has 2 nitrogen and oxygen atoms in total. The van der Waals surface area contributed by atoms with E-state index in [2.05, 4.69) is 45.1 Å². The molecule has 90 valence electrons. The summed E-state index contributed by atoms with van der Waals surface area (Å²) in [6.45, 7) is 2.30. The van der Waals surface area contributed by atoms with Gasteiger partial charge in [-0.25, -0.2) is 4.98 Å². The fourth-order valence-electron chi connectivity index (χ4n) is 2.36. The van der Waals surface area contributed by atoms with Crippen LogP contribution in [0, 0.1) is 5.92 Å². The summed E-state index contributed by atoms with van der Waals surface area (Å²) in [5, 5.41) is 2.30. The van der Waals surface area contributed by atoms with E-state index in [1.54, 1.807) is 0 Å². The maximum atomic E-state index is 4.73.